The van der Waals surface area contributed by atoms with Crippen LogP contribution in [-0.2, 0) is 24.6 Å². The zero-order valence-corrected chi connectivity index (χ0v) is 11.7. The number of hydrogen-bond donors (Lipinski definition) is 1. The van der Waals surface area contributed by atoms with E-state index in [9.17, 15) is 5.11 Å². The summed E-state index contributed by atoms with van der Waals surface area (Å²) in [6, 6.07) is 0. The van der Waals surface area contributed by atoms with Crippen LogP contribution in [0.5, 0.6) is 0 Å². The maximum Gasteiger partial charge on any atom is 0.0932 e. The lowest BCUT2D eigenvalue weighted by molar-refractivity contribution is -0.0344. The van der Waals surface area contributed by atoms with Gasteiger partial charge in [-0.05, 0) is 12.8 Å². The Morgan fingerprint density at radius 1 is 1.47 bits per heavy atom. The molecule has 1 rings (SSSR count). The number of aliphatic hydroxyl groups is 1. The maximum atomic E-state index is 10.4. The fourth-order valence-corrected chi connectivity index (χ4v) is 2.23. The first-order valence-electron chi connectivity index (χ1n) is 5.89. The molecule has 1 atom stereocenters. The zero-order chi connectivity index (χ0) is 13.1. The van der Waals surface area contributed by atoms with Crippen LogP contribution in [-0.4, -0.2) is 34.2 Å². The summed E-state index contributed by atoms with van der Waals surface area (Å²) in [5.41, 5.74) is 0.863. The van der Waals surface area contributed by atoms with Crippen LogP contribution in [0.3, 0.4) is 0 Å². The zero-order valence-electron chi connectivity index (χ0n) is 11.0. The van der Waals surface area contributed by atoms with Gasteiger partial charge < -0.3 is 9.84 Å². The number of aryl methyl sites for hydroxylation is 2. The molecule has 17 heavy (non-hydrogen) atoms. The normalized spacial score (nSPS) is 14.9. The maximum absolute atomic E-state index is 10.4. The molecule has 1 heterocycles. The monoisotopic (exact) mass is 260 g/mol. The van der Waals surface area contributed by atoms with E-state index in [4.69, 9.17) is 16.3 Å². The van der Waals surface area contributed by atoms with Gasteiger partial charge in [0.2, 0.25) is 0 Å². The number of methoxy groups -OCH3 is 1. The molecular weight excluding hydrogens is 240 g/mol. The van der Waals surface area contributed by atoms with Crippen LogP contribution in [0, 0.1) is 0 Å². The van der Waals surface area contributed by atoms with Crippen molar-refractivity contribution in [2.45, 2.75) is 38.7 Å². The van der Waals surface area contributed by atoms with Gasteiger partial charge >= 0.3 is 0 Å². The number of hydrogen-bond acceptors (Lipinski definition) is 3. The first kappa shape index (κ1) is 14.5. The van der Waals surface area contributed by atoms with Crippen molar-refractivity contribution in [3.05, 3.63) is 16.4 Å². The third kappa shape index (κ3) is 3.21. The van der Waals surface area contributed by atoms with Crippen LogP contribution in [0.25, 0.3) is 0 Å². The fourth-order valence-electron chi connectivity index (χ4n) is 1.87. The molecule has 0 bridgehead atoms. The molecule has 0 radical (unpaired) electrons. The average molecular weight is 261 g/mol. The molecule has 0 aliphatic carbocycles. The van der Waals surface area contributed by atoms with Crippen LogP contribution in [0.4, 0.5) is 0 Å². The van der Waals surface area contributed by atoms with Gasteiger partial charge in [-0.3, -0.25) is 4.68 Å². The smallest absolute Gasteiger partial charge is 0.0932 e. The summed E-state index contributed by atoms with van der Waals surface area (Å²) in [5, 5.41) is 15.4. The molecule has 0 aliphatic rings. The summed E-state index contributed by atoms with van der Waals surface area (Å²) >= 11 is 6.26. The van der Waals surface area contributed by atoms with Crippen molar-refractivity contribution in [1.29, 1.82) is 0 Å². The minimum Gasteiger partial charge on any atom is -0.387 e. The molecule has 5 heteroatoms. The van der Waals surface area contributed by atoms with Crippen molar-refractivity contribution >= 4 is 11.6 Å². The Balaban J connectivity index is 2.97. The first-order valence-corrected chi connectivity index (χ1v) is 6.26. The molecule has 1 aromatic rings. The van der Waals surface area contributed by atoms with Gasteiger partial charge in [0.25, 0.3) is 0 Å². The summed E-state index contributed by atoms with van der Waals surface area (Å²) in [6.07, 6.45) is 1.87. The van der Waals surface area contributed by atoms with Gasteiger partial charge in [0.05, 0.1) is 28.6 Å². The average Bonchev–Trinajstić information content (AvgIpc) is 2.57. The van der Waals surface area contributed by atoms with Crippen molar-refractivity contribution in [1.82, 2.24) is 9.78 Å². The molecule has 0 aromatic carbocycles. The highest BCUT2D eigenvalue weighted by atomic mass is 35.5. The van der Waals surface area contributed by atoms with Crippen molar-refractivity contribution in [2.75, 3.05) is 13.7 Å². The van der Waals surface area contributed by atoms with E-state index in [-0.39, 0.29) is 0 Å². The summed E-state index contributed by atoms with van der Waals surface area (Å²) < 4.78 is 6.81. The Labute approximate surface area is 108 Å². The minimum atomic E-state index is -0.878. The highest BCUT2D eigenvalue weighted by Crippen LogP contribution is 2.26. The SMILES string of the molecule is CCc1nn(C)c(CC(O)(CC)COC)c1Cl. The second-order valence-electron chi connectivity index (χ2n) is 4.37. The molecule has 0 saturated carbocycles. The van der Waals surface area contributed by atoms with Gasteiger partial charge in [-0.25, -0.2) is 0 Å². The third-order valence-corrected chi connectivity index (χ3v) is 3.51. The predicted octanol–water partition coefficient (Wildman–Crippen LogP) is 1.97. The molecule has 1 N–H and O–H groups in total. The summed E-state index contributed by atoms with van der Waals surface area (Å²) in [4.78, 5) is 0. The summed E-state index contributed by atoms with van der Waals surface area (Å²) in [7, 11) is 3.44. The quantitative estimate of drug-likeness (QED) is 0.851. The number of rotatable bonds is 6. The third-order valence-electron chi connectivity index (χ3n) is 3.07. The van der Waals surface area contributed by atoms with E-state index in [0.29, 0.717) is 24.5 Å². The van der Waals surface area contributed by atoms with Crippen molar-refractivity contribution in [2.24, 2.45) is 7.05 Å². The van der Waals surface area contributed by atoms with Gasteiger partial charge in [-0.15, -0.1) is 0 Å². The largest absolute Gasteiger partial charge is 0.387 e. The second-order valence-corrected chi connectivity index (χ2v) is 4.75. The second kappa shape index (κ2) is 5.85. The number of ether oxygens (including phenoxy) is 1. The van der Waals surface area contributed by atoms with E-state index in [1.807, 2.05) is 20.9 Å². The first-order chi connectivity index (χ1) is 7.97. The van der Waals surface area contributed by atoms with Crippen molar-refractivity contribution < 1.29 is 9.84 Å². The van der Waals surface area contributed by atoms with Crippen LogP contribution in [0.2, 0.25) is 5.02 Å². The molecule has 0 spiro atoms. The molecule has 1 aromatic heterocycles. The van der Waals surface area contributed by atoms with Gasteiger partial charge in [0.1, 0.15) is 0 Å². The Morgan fingerprint density at radius 3 is 2.53 bits per heavy atom. The fraction of sp³-hybridized carbons (Fsp3) is 0.750. The van der Waals surface area contributed by atoms with Crippen LogP contribution >= 0.6 is 11.6 Å². The predicted molar refractivity (Wildman–Crippen MR) is 68.4 cm³/mol. The van der Waals surface area contributed by atoms with E-state index >= 15 is 0 Å². The topological polar surface area (TPSA) is 47.3 Å². The lowest BCUT2D eigenvalue weighted by Gasteiger charge is -2.25. The Bertz CT molecular complexity index is 379. The standard InChI is InChI=1S/C12H21ClN2O2/c1-5-9-11(13)10(15(3)14-9)7-12(16,6-2)8-17-4/h16H,5-8H2,1-4H3. The number of halogens is 1. The molecular formula is C12H21ClN2O2. The van der Waals surface area contributed by atoms with Crippen molar-refractivity contribution in [3.8, 4) is 0 Å². The minimum absolute atomic E-state index is 0.298. The summed E-state index contributed by atoms with van der Waals surface area (Å²) in [5.74, 6) is 0. The van der Waals surface area contributed by atoms with Gasteiger partial charge in [0, 0.05) is 20.6 Å². The highest BCUT2D eigenvalue weighted by molar-refractivity contribution is 6.31. The van der Waals surface area contributed by atoms with E-state index in [1.54, 1.807) is 11.8 Å². The molecule has 0 aliphatic heterocycles. The number of aromatic nitrogens is 2. The summed E-state index contributed by atoms with van der Waals surface area (Å²) in [6.45, 7) is 4.25. The Morgan fingerprint density at radius 2 is 2.12 bits per heavy atom. The van der Waals surface area contributed by atoms with E-state index in [0.717, 1.165) is 17.8 Å². The Kier molecular flexibility index (Phi) is 4.98. The molecule has 0 saturated heterocycles. The van der Waals surface area contributed by atoms with E-state index in [2.05, 4.69) is 5.10 Å². The lowest BCUT2D eigenvalue weighted by Crippen LogP contribution is -2.36. The van der Waals surface area contributed by atoms with Gasteiger partial charge in [0.15, 0.2) is 0 Å². The number of nitrogens with zero attached hydrogens (tertiary/aromatic N) is 2. The lowest BCUT2D eigenvalue weighted by atomic mass is 9.95. The highest BCUT2D eigenvalue weighted by Gasteiger charge is 2.28. The van der Waals surface area contributed by atoms with Crippen LogP contribution < -0.4 is 0 Å². The molecule has 98 valence electrons. The molecule has 0 fully saturated rings. The molecule has 4 nitrogen and oxygen atoms in total. The molecule has 1 unspecified atom stereocenters. The van der Waals surface area contributed by atoms with Crippen molar-refractivity contribution in [3.63, 3.8) is 0 Å². The van der Waals surface area contributed by atoms with Crippen LogP contribution in [0.1, 0.15) is 31.7 Å². The van der Waals surface area contributed by atoms with Gasteiger partial charge in [-0.1, -0.05) is 25.4 Å². The van der Waals surface area contributed by atoms with Gasteiger partial charge in [-0.2, -0.15) is 5.10 Å². The van der Waals surface area contributed by atoms with E-state index < -0.39 is 5.60 Å². The Hall–Kier alpha value is -0.580. The van der Waals surface area contributed by atoms with E-state index in [1.165, 1.54) is 0 Å². The molecule has 0 amide bonds. The van der Waals surface area contributed by atoms with Crippen LogP contribution in [0.15, 0.2) is 0 Å².